The third-order valence-electron chi connectivity index (χ3n) is 2.07. The topological polar surface area (TPSA) is 3.24 Å². The van der Waals surface area contributed by atoms with Gasteiger partial charge in [0.15, 0.2) is 0 Å². The van der Waals surface area contributed by atoms with Gasteiger partial charge in [0.05, 0.1) is 11.4 Å². The zero-order valence-corrected chi connectivity index (χ0v) is 9.62. The third-order valence-corrected chi connectivity index (χ3v) is 2.79. The maximum atomic E-state index is 5.82. The molecule has 0 unspecified atom stereocenters. The molecule has 0 aliphatic carbocycles. The first-order valence-corrected chi connectivity index (χ1v) is 5.35. The molecule has 15 heavy (non-hydrogen) atoms. The Bertz CT molecular complexity index is 427. The van der Waals surface area contributed by atoms with Crippen LogP contribution in [0, 0.1) is 0 Å². The Balaban J connectivity index is 2.29. The summed E-state index contributed by atoms with van der Waals surface area (Å²) in [6.45, 7) is 0. The minimum absolute atomic E-state index is 0.730. The van der Waals surface area contributed by atoms with Crippen LogP contribution in [-0.2, 0) is 0 Å². The number of hydrogen-bond acceptors (Lipinski definition) is 2. The third kappa shape index (κ3) is 2.46. The van der Waals surface area contributed by atoms with Crippen LogP contribution in [0.5, 0.6) is 0 Å². The lowest BCUT2D eigenvalue weighted by Gasteiger charge is -2.17. The van der Waals surface area contributed by atoms with Crippen molar-refractivity contribution in [2.45, 2.75) is 0 Å². The average molecular weight is 236 g/mol. The second kappa shape index (κ2) is 4.60. The van der Waals surface area contributed by atoms with Gasteiger partial charge in [0, 0.05) is 5.02 Å². The van der Waals surface area contributed by atoms with Crippen molar-refractivity contribution >= 4 is 35.8 Å². The van der Waals surface area contributed by atoms with Crippen molar-refractivity contribution in [1.29, 1.82) is 0 Å². The molecule has 0 saturated carbocycles. The smallest absolute Gasteiger partial charge is 0.0523 e. The van der Waals surface area contributed by atoms with E-state index < -0.39 is 0 Å². The highest BCUT2D eigenvalue weighted by Gasteiger charge is 2.03. The molecule has 0 aliphatic heterocycles. The number of rotatable bonds is 2. The summed E-state index contributed by atoms with van der Waals surface area (Å²) in [5.74, 6) is 0. The van der Waals surface area contributed by atoms with Gasteiger partial charge in [-0.3, -0.25) is 4.31 Å². The molecule has 0 radical (unpaired) electrons. The molecule has 0 aromatic heterocycles. The molecule has 0 N–H and O–H groups in total. The summed E-state index contributed by atoms with van der Waals surface area (Å²) in [6, 6.07) is 17.5. The normalized spacial score (nSPS) is 10.0. The minimum atomic E-state index is 0.730. The summed E-state index contributed by atoms with van der Waals surface area (Å²) < 4.78 is 1.82. The maximum absolute atomic E-state index is 5.82. The van der Waals surface area contributed by atoms with Gasteiger partial charge in [-0.1, -0.05) is 42.6 Å². The second-order valence-corrected chi connectivity index (χ2v) is 3.96. The van der Waals surface area contributed by atoms with Crippen molar-refractivity contribution in [3.63, 3.8) is 0 Å². The van der Waals surface area contributed by atoms with Crippen molar-refractivity contribution in [1.82, 2.24) is 0 Å². The fraction of sp³-hybridized carbons (Fsp3) is 0. The summed E-state index contributed by atoms with van der Waals surface area (Å²) in [7, 11) is 0. The molecule has 0 spiro atoms. The molecule has 2 aromatic carbocycles. The first kappa shape index (κ1) is 10.4. The number of halogens is 1. The summed E-state index contributed by atoms with van der Waals surface area (Å²) in [6.07, 6.45) is 0. The van der Waals surface area contributed by atoms with Gasteiger partial charge in [-0.2, -0.15) is 0 Å². The lowest BCUT2D eigenvalue weighted by Crippen LogP contribution is -2.00. The number of para-hydroxylation sites is 1. The van der Waals surface area contributed by atoms with Gasteiger partial charge in [0.2, 0.25) is 0 Å². The SMILES string of the molecule is SN(c1ccccc1)c1ccc(Cl)cc1. The van der Waals surface area contributed by atoms with Crippen LogP contribution in [0.15, 0.2) is 54.6 Å². The van der Waals surface area contributed by atoms with Crippen LogP contribution in [0.3, 0.4) is 0 Å². The standard InChI is InChI=1S/C12H10ClNS/c13-10-6-8-12(9-7-10)14(15)11-4-2-1-3-5-11/h1-9,15H. The Labute approximate surface area is 99.8 Å². The zero-order valence-electron chi connectivity index (χ0n) is 7.97. The predicted molar refractivity (Wildman–Crippen MR) is 69.0 cm³/mol. The van der Waals surface area contributed by atoms with Crippen LogP contribution >= 0.6 is 24.4 Å². The number of nitrogens with zero attached hydrogens (tertiary/aromatic N) is 1. The highest BCUT2D eigenvalue weighted by molar-refractivity contribution is 7.82. The van der Waals surface area contributed by atoms with Gasteiger partial charge in [-0.25, -0.2) is 0 Å². The molecule has 0 saturated heterocycles. The second-order valence-electron chi connectivity index (χ2n) is 3.12. The molecule has 0 fully saturated rings. The summed E-state index contributed by atoms with van der Waals surface area (Å²) in [4.78, 5) is 0. The van der Waals surface area contributed by atoms with E-state index in [0.717, 1.165) is 16.4 Å². The Morgan fingerprint density at radius 1 is 0.800 bits per heavy atom. The molecule has 1 nitrogen and oxygen atoms in total. The number of thiol groups is 1. The molecule has 0 bridgehead atoms. The van der Waals surface area contributed by atoms with Crippen molar-refractivity contribution < 1.29 is 0 Å². The van der Waals surface area contributed by atoms with Crippen molar-refractivity contribution in [3.8, 4) is 0 Å². The van der Waals surface area contributed by atoms with Gasteiger partial charge < -0.3 is 0 Å². The highest BCUT2D eigenvalue weighted by atomic mass is 35.5. The molecule has 0 aliphatic rings. The van der Waals surface area contributed by atoms with Crippen molar-refractivity contribution in [2.75, 3.05) is 4.31 Å². The van der Waals surface area contributed by atoms with Gasteiger partial charge >= 0.3 is 0 Å². The molecule has 2 rings (SSSR count). The lowest BCUT2D eigenvalue weighted by molar-refractivity contribution is 1.44. The quantitative estimate of drug-likeness (QED) is 0.759. The van der Waals surface area contributed by atoms with Crippen molar-refractivity contribution in [2.24, 2.45) is 0 Å². The Morgan fingerprint density at radius 3 is 1.93 bits per heavy atom. The van der Waals surface area contributed by atoms with E-state index in [1.165, 1.54) is 0 Å². The molecular weight excluding hydrogens is 226 g/mol. The molecule has 3 heteroatoms. The first-order chi connectivity index (χ1) is 7.27. The van der Waals surface area contributed by atoms with E-state index in [4.69, 9.17) is 11.6 Å². The van der Waals surface area contributed by atoms with Crippen LogP contribution in [0.25, 0.3) is 0 Å². The Hall–Kier alpha value is -1.12. The van der Waals surface area contributed by atoms with Crippen LogP contribution in [-0.4, -0.2) is 0 Å². The highest BCUT2D eigenvalue weighted by Crippen LogP contribution is 2.27. The molecular formula is C12H10ClNS. The summed E-state index contributed by atoms with van der Waals surface area (Å²) >= 11 is 10.3. The number of anilines is 2. The monoisotopic (exact) mass is 235 g/mol. The van der Waals surface area contributed by atoms with Gasteiger partial charge in [-0.05, 0) is 36.4 Å². The van der Waals surface area contributed by atoms with E-state index in [-0.39, 0.29) is 0 Å². The van der Waals surface area contributed by atoms with Gasteiger partial charge in [0.25, 0.3) is 0 Å². The molecule has 0 amide bonds. The van der Waals surface area contributed by atoms with Crippen LogP contribution in [0.2, 0.25) is 5.02 Å². The van der Waals surface area contributed by atoms with Crippen LogP contribution < -0.4 is 4.31 Å². The van der Waals surface area contributed by atoms with Crippen molar-refractivity contribution in [3.05, 3.63) is 59.6 Å². The van der Waals surface area contributed by atoms with E-state index in [2.05, 4.69) is 12.8 Å². The molecule has 0 heterocycles. The largest absolute Gasteiger partial charge is 0.287 e. The number of hydrogen-bond donors (Lipinski definition) is 1. The Kier molecular flexibility index (Phi) is 3.19. The van der Waals surface area contributed by atoms with E-state index in [1.54, 1.807) is 0 Å². The Morgan fingerprint density at radius 2 is 1.33 bits per heavy atom. The van der Waals surface area contributed by atoms with E-state index in [1.807, 2.05) is 58.9 Å². The zero-order chi connectivity index (χ0) is 10.7. The molecule has 76 valence electrons. The van der Waals surface area contributed by atoms with E-state index in [9.17, 15) is 0 Å². The van der Waals surface area contributed by atoms with Crippen LogP contribution in [0.4, 0.5) is 11.4 Å². The van der Waals surface area contributed by atoms with Crippen LogP contribution in [0.1, 0.15) is 0 Å². The first-order valence-electron chi connectivity index (χ1n) is 4.57. The van der Waals surface area contributed by atoms with Gasteiger partial charge in [0.1, 0.15) is 0 Å². The fourth-order valence-corrected chi connectivity index (χ4v) is 1.69. The molecule has 2 aromatic rings. The summed E-state index contributed by atoms with van der Waals surface area (Å²) in [5, 5.41) is 0.730. The average Bonchev–Trinajstić information content (AvgIpc) is 2.30. The fourth-order valence-electron chi connectivity index (χ4n) is 1.30. The summed E-state index contributed by atoms with van der Waals surface area (Å²) in [5.41, 5.74) is 2.03. The lowest BCUT2D eigenvalue weighted by atomic mass is 10.3. The van der Waals surface area contributed by atoms with E-state index >= 15 is 0 Å². The number of benzene rings is 2. The van der Waals surface area contributed by atoms with Gasteiger partial charge in [-0.15, -0.1) is 0 Å². The van der Waals surface area contributed by atoms with E-state index in [0.29, 0.717) is 0 Å². The predicted octanol–water partition coefficient (Wildman–Crippen LogP) is 4.32. The minimum Gasteiger partial charge on any atom is -0.287 e. The molecule has 0 atom stereocenters. The maximum Gasteiger partial charge on any atom is 0.0523 e.